The number of aryl methyl sites for hydroxylation is 1. The van der Waals surface area contributed by atoms with Crippen molar-refractivity contribution >= 4 is 11.6 Å². The smallest absolute Gasteiger partial charge is 0.145 e. The minimum atomic E-state index is 0.383. The molecule has 0 aromatic carbocycles. The van der Waals surface area contributed by atoms with Crippen molar-refractivity contribution in [1.29, 1.82) is 0 Å². The van der Waals surface area contributed by atoms with Crippen molar-refractivity contribution < 1.29 is 0 Å². The van der Waals surface area contributed by atoms with Gasteiger partial charge in [0.2, 0.25) is 0 Å². The minimum absolute atomic E-state index is 0.383. The van der Waals surface area contributed by atoms with E-state index < -0.39 is 0 Å². The largest absolute Gasteiger partial charge is 0.370 e. The van der Waals surface area contributed by atoms with Gasteiger partial charge in [-0.15, -0.1) is 0 Å². The fraction of sp³-hybridized carbons (Fsp3) is 0.733. The summed E-state index contributed by atoms with van der Waals surface area (Å²) in [7, 11) is 0. The third-order valence-corrected chi connectivity index (χ3v) is 5.20. The molecule has 1 saturated carbocycles. The third-order valence-electron chi connectivity index (χ3n) is 5.20. The number of hydrogen-bond donors (Lipinski definition) is 3. The topological polar surface area (TPSA) is 75.9 Å². The van der Waals surface area contributed by atoms with Gasteiger partial charge < -0.3 is 10.7 Å². The molecule has 1 fully saturated rings. The van der Waals surface area contributed by atoms with E-state index in [4.69, 9.17) is 5.84 Å². The molecule has 0 radical (unpaired) electrons. The highest BCUT2D eigenvalue weighted by molar-refractivity contribution is 5.47. The van der Waals surface area contributed by atoms with Crippen molar-refractivity contribution in [1.82, 2.24) is 9.97 Å². The first-order chi connectivity index (χ1) is 9.32. The Morgan fingerprint density at radius 2 is 1.75 bits per heavy atom. The highest BCUT2D eigenvalue weighted by Gasteiger charge is 2.64. The van der Waals surface area contributed by atoms with Crippen LogP contribution in [0.2, 0.25) is 0 Å². The highest BCUT2D eigenvalue weighted by Crippen LogP contribution is 2.68. The van der Waals surface area contributed by atoms with Crippen LogP contribution in [-0.4, -0.2) is 16.5 Å². The number of anilines is 2. The van der Waals surface area contributed by atoms with E-state index in [2.05, 4.69) is 55.3 Å². The number of aromatic nitrogens is 2. The predicted molar refractivity (Wildman–Crippen MR) is 83.4 cm³/mol. The lowest BCUT2D eigenvalue weighted by atomic mass is 10.0. The molecule has 1 heterocycles. The standard InChI is InChI=1S/C15H27N5/c1-6-7-11-18-12(8-13(19-11)20-16)17-9-10-14(2,3)15(10,4)5/h8,10H,6-7,9,16H2,1-5H3,(H2,17,18,19,20). The number of nitrogens with two attached hydrogens (primary N) is 1. The molecule has 0 aliphatic heterocycles. The van der Waals surface area contributed by atoms with Crippen LogP contribution in [0.15, 0.2) is 6.07 Å². The Labute approximate surface area is 121 Å². The van der Waals surface area contributed by atoms with E-state index in [1.165, 1.54) is 0 Å². The van der Waals surface area contributed by atoms with Crippen LogP contribution in [-0.2, 0) is 6.42 Å². The van der Waals surface area contributed by atoms with Gasteiger partial charge in [-0.05, 0) is 23.2 Å². The third kappa shape index (κ3) is 2.59. The van der Waals surface area contributed by atoms with E-state index in [9.17, 15) is 0 Å². The van der Waals surface area contributed by atoms with Gasteiger partial charge in [0.15, 0.2) is 0 Å². The summed E-state index contributed by atoms with van der Waals surface area (Å²) in [5, 5.41) is 3.44. The van der Waals surface area contributed by atoms with Crippen LogP contribution in [0.25, 0.3) is 0 Å². The van der Waals surface area contributed by atoms with E-state index in [0.717, 1.165) is 31.0 Å². The number of hydrogen-bond acceptors (Lipinski definition) is 5. The molecule has 0 unspecified atom stereocenters. The van der Waals surface area contributed by atoms with Crippen LogP contribution in [0, 0.1) is 16.7 Å². The zero-order chi connectivity index (χ0) is 15.0. The second-order valence-electron chi connectivity index (χ2n) is 6.83. The van der Waals surface area contributed by atoms with Gasteiger partial charge in [-0.25, -0.2) is 15.8 Å². The summed E-state index contributed by atoms with van der Waals surface area (Å²) in [5.41, 5.74) is 3.38. The first-order valence-corrected chi connectivity index (χ1v) is 7.41. The Bertz CT molecular complexity index is 467. The lowest BCUT2D eigenvalue weighted by Crippen LogP contribution is -2.14. The van der Waals surface area contributed by atoms with Crippen LogP contribution in [0.1, 0.15) is 46.9 Å². The zero-order valence-electron chi connectivity index (χ0n) is 13.2. The SMILES string of the molecule is CCCc1nc(NN)cc(NCC2C(C)(C)C2(C)C)n1. The van der Waals surface area contributed by atoms with Gasteiger partial charge >= 0.3 is 0 Å². The first kappa shape index (κ1) is 15.0. The fourth-order valence-corrected chi connectivity index (χ4v) is 3.05. The fourth-order valence-electron chi connectivity index (χ4n) is 3.05. The Balaban J connectivity index is 2.05. The van der Waals surface area contributed by atoms with Crippen molar-refractivity contribution in [2.75, 3.05) is 17.3 Å². The Kier molecular flexibility index (Phi) is 3.91. The molecule has 4 N–H and O–H groups in total. The van der Waals surface area contributed by atoms with E-state index in [1.54, 1.807) is 0 Å². The molecule has 2 rings (SSSR count). The molecule has 0 amide bonds. The highest BCUT2D eigenvalue weighted by atomic mass is 15.3. The molecule has 112 valence electrons. The molecular formula is C15H27N5. The maximum Gasteiger partial charge on any atom is 0.145 e. The summed E-state index contributed by atoms with van der Waals surface area (Å²) < 4.78 is 0. The summed E-state index contributed by atoms with van der Waals surface area (Å²) in [4.78, 5) is 8.90. The van der Waals surface area contributed by atoms with E-state index >= 15 is 0 Å². The van der Waals surface area contributed by atoms with Crippen molar-refractivity contribution in [3.8, 4) is 0 Å². The van der Waals surface area contributed by atoms with Crippen molar-refractivity contribution in [2.45, 2.75) is 47.5 Å². The lowest BCUT2D eigenvalue weighted by Gasteiger charge is -2.10. The van der Waals surface area contributed by atoms with Gasteiger partial charge in [-0.3, -0.25) is 0 Å². The summed E-state index contributed by atoms with van der Waals surface area (Å²) in [6.45, 7) is 12.4. The Morgan fingerprint density at radius 1 is 1.15 bits per heavy atom. The average Bonchev–Trinajstić information content (AvgIpc) is 2.77. The van der Waals surface area contributed by atoms with Crippen molar-refractivity contribution in [3.05, 3.63) is 11.9 Å². The number of hydrazine groups is 1. The molecule has 1 aromatic rings. The normalized spacial score (nSPS) is 19.7. The Morgan fingerprint density at radius 3 is 2.25 bits per heavy atom. The molecule has 20 heavy (non-hydrogen) atoms. The van der Waals surface area contributed by atoms with Crippen LogP contribution < -0.4 is 16.6 Å². The summed E-state index contributed by atoms with van der Waals surface area (Å²) in [5.74, 6) is 8.49. The lowest BCUT2D eigenvalue weighted by molar-refractivity contribution is 0.457. The summed E-state index contributed by atoms with van der Waals surface area (Å²) in [6, 6.07) is 1.86. The van der Waals surface area contributed by atoms with Gasteiger partial charge in [-0.2, -0.15) is 0 Å². The van der Waals surface area contributed by atoms with Crippen molar-refractivity contribution in [2.24, 2.45) is 22.6 Å². The quantitative estimate of drug-likeness (QED) is 0.550. The summed E-state index contributed by atoms with van der Waals surface area (Å²) in [6.07, 6.45) is 1.89. The number of nitrogen functional groups attached to an aromatic ring is 1. The van der Waals surface area contributed by atoms with Gasteiger partial charge in [0.1, 0.15) is 17.5 Å². The molecular weight excluding hydrogens is 250 g/mol. The van der Waals surface area contributed by atoms with Crippen LogP contribution >= 0.6 is 0 Å². The van der Waals surface area contributed by atoms with Gasteiger partial charge in [0.25, 0.3) is 0 Å². The molecule has 5 heteroatoms. The van der Waals surface area contributed by atoms with E-state index in [-0.39, 0.29) is 0 Å². The van der Waals surface area contributed by atoms with Crippen LogP contribution in [0.4, 0.5) is 11.6 Å². The monoisotopic (exact) mass is 277 g/mol. The molecule has 0 spiro atoms. The van der Waals surface area contributed by atoms with Gasteiger partial charge in [0.05, 0.1) is 0 Å². The minimum Gasteiger partial charge on any atom is -0.370 e. The average molecular weight is 277 g/mol. The molecule has 1 aliphatic carbocycles. The van der Waals surface area contributed by atoms with Crippen molar-refractivity contribution in [3.63, 3.8) is 0 Å². The predicted octanol–water partition coefficient (Wildman–Crippen LogP) is 2.81. The van der Waals surface area contributed by atoms with E-state index in [0.29, 0.717) is 22.6 Å². The zero-order valence-corrected chi connectivity index (χ0v) is 13.2. The van der Waals surface area contributed by atoms with Crippen LogP contribution in [0.3, 0.4) is 0 Å². The second-order valence-corrected chi connectivity index (χ2v) is 6.83. The maximum absolute atomic E-state index is 5.47. The molecule has 0 atom stereocenters. The van der Waals surface area contributed by atoms with Gasteiger partial charge in [-0.1, -0.05) is 34.6 Å². The summed E-state index contributed by atoms with van der Waals surface area (Å²) >= 11 is 0. The number of rotatable bonds is 6. The Hall–Kier alpha value is -1.36. The number of nitrogens with zero attached hydrogens (tertiary/aromatic N) is 2. The number of nitrogens with one attached hydrogen (secondary N) is 2. The van der Waals surface area contributed by atoms with Crippen LogP contribution in [0.5, 0.6) is 0 Å². The second kappa shape index (κ2) is 5.20. The molecule has 0 bridgehead atoms. The first-order valence-electron chi connectivity index (χ1n) is 7.41. The molecule has 1 aliphatic rings. The van der Waals surface area contributed by atoms with E-state index in [1.807, 2.05) is 6.07 Å². The van der Waals surface area contributed by atoms with Gasteiger partial charge in [0, 0.05) is 19.0 Å². The molecule has 0 saturated heterocycles. The molecule has 1 aromatic heterocycles. The molecule has 5 nitrogen and oxygen atoms in total. The maximum atomic E-state index is 5.47.